The highest BCUT2D eigenvalue weighted by Gasteiger charge is 2.34. The molecule has 27 heavy (non-hydrogen) atoms. The maximum atomic E-state index is 12.5. The van der Waals surface area contributed by atoms with Gasteiger partial charge in [0.25, 0.3) is 0 Å². The van der Waals surface area contributed by atoms with E-state index in [0.717, 1.165) is 34.5 Å². The summed E-state index contributed by atoms with van der Waals surface area (Å²) < 4.78 is 0. The maximum absolute atomic E-state index is 12.5. The van der Waals surface area contributed by atoms with Crippen LogP contribution in [0.4, 0.5) is 0 Å². The first-order valence-electron chi connectivity index (χ1n) is 9.08. The lowest BCUT2D eigenvalue weighted by Crippen LogP contribution is -2.37. The van der Waals surface area contributed by atoms with Gasteiger partial charge in [0.2, 0.25) is 5.91 Å². The fraction of sp³-hybridized carbons (Fsp3) is 0.333. The highest BCUT2D eigenvalue weighted by Crippen LogP contribution is 2.40. The number of aromatic nitrogens is 3. The molecule has 6 heteroatoms. The van der Waals surface area contributed by atoms with E-state index in [1.54, 1.807) is 23.7 Å². The molecule has 0 aliphatic heterocycles. The second-order valence-electron chi connectivity index (χ2n) is 7.76. The summed E-state index contributed by atoms with van der Waals surface area (Å²) in [7, 11) is 0. The summed E-state index contributed by atoms with van der Waals surface area (Å²) in [6.45, 7) is 4.44. The molecule has 0 saturated heterocycles. The summed E-state index contributed by atoms with van der Waals surface area (Å²) in [6.07, 6.45) is 7.55. The van der Waals surface area contributed by atoms with Crippen LogP contribution in [0.5, 0.6) is 0 Å². The number of nitrogens with one attached hydrogen (secondary N) is 1. The molecule has 3 aromatic heterocycles. The van der Waals surface area contributed by atoms with Crippen LogP contribution < -0.4 is 5.32 Å². The van der Waals surface area contributed by atoms with E-state index >= 15 is 0 Å². The van der Waals surface area contributed by atoms with Gasteiger partial charge in [0, 0.05) is 34.6 Å². The molecule has 0 saturated carbocycles. The van der Waals surface area contributed by atoms with Gasteiger partial charge in [-0.15, -0.1) is 11.3 Å². The van der Waals surface area contributed by atoms with E-state index in [0.29, 0.717) is 12.2 Å². The van der Waals surface area contributed by atoms with Gasteiger partial charge in [0.15, 0.2) is 5.82 Å². The van der Waals surface area contributed by atoms with Crippen LogP contribution >= 0.6 is 11.3 Å². The SMILES string of the molecule is CC1(C)Cc2nc(-c3cccnc3)ncc2C(NC(=O)Cc2cccs2)C1. The topological polar surface area (TPSA) is 67.8 Å². The zero-order valence-electron chi connectivity index (χ0n) is 15.5. The van der Waals surface area contributed by atoms with Crippen LogP contribution in [0.25, 0.3) is 11.4 Å². The Morgan fingerprint density at radius 1 is 1.30 bits per heavy atom. The van der Waals surface area contributed by atoms with Crippen molar-refractivity contribution in [1.82, 2.24) is 20.3 Å². The molecular weight excluding hydrogens is 356 g/mol. The third-order valence-corrected chi connectivity index (χ3v) is 5.72. The third-order valence-electron chi connectivity index (χ3n) is 4.85. The van der Waals surface area contributed by atoms with E-state index in [9.17, 15) is 4.79 Å². The van der Waals surface area contributed by atoms with E-state index in [4.69, 9.17) is 4.98 Å². The predicted octanol–water partition coefficient (Wildman–Crippen LogP) is 3.97. The monoisotopic (exact) mass is 378 g/mol. The van der Waals surface area contributed by atoms with Gasteiger partial charge in [-0.2, -0.15) is 0 Å². The van der Waals surface area contributed by atoms with Crippen molar-refractivity contribution in [3.8, 4) is 11.4 Å². The third kappa shape index (κ3) is 4.06. The van der Waals surface area contributed by atoms with Crippen molar-refractivity contribution in [2.75, 3.05) is 0 Å². The minimum Gasteiger partial charge on any atom is -0.349 e. The van der Waals surface area contributed by atoms with Crippen LogP contribution in [-0.2, 0) is 17.6 Å². The fourth-order valence-electron chi connectivity index (χ4n) is 3.63. The molecule has 1 N–H and O–H groups in total. The molecule has 0 spiro atoms. The Morgan fingerprint density at radius 3 is 2.93 bits per heavy atom. The first-order valence-corrected chi connectivity index (χ1v) is 9.96. The van der Waals surface area contributed by atoms with Crippen molar-refractivity contribution in [2.45, 2.75) is 39.2 Å². The van der Waals surface area contributed by atoms with E-state index in [-0.39, 0.29) is 17.4 Å². The van der Waals surface area contributed by atoms with Crippen LogP contribution in [0.3, 0.4) is 0 Å². The van der Waals surface area contributed by atoms with E-state index < -0.39 is 0 Å². The van der Waals surface area contributed by atoms with E-state index in [2.05, 4.69) is 29.1 Å². The van der Waals surface area contributed by atoms with Gasteiger partial charge >= 0.3 is 0 Å². The maximum Gasteiger partial charge on any atom is 0.225 e. The van der Waals surface area contributed by atoms with Crippen LogP contribution in [0, 0.1) is 5.41 Å². The number of hydrogen-bond acceptors (Lipinski definition) is 5. The average Bonchev–Trinajstić information content (AvgIpc) is 3.14. The number of amides is 1. The zero-order valence-corrected chi connectivity index (χ0v) is 16.3. The molecule has 3 heterocycles. The average molecular weight is 379 g/mol. The van der Waals surface area contributed by atoms with Gasteiger partial charge < -0.3 is 5.32 Å². The van der Waals surface area contributed by atoms with Crippen LogP contribution in [-0.4, -0.2) is 20.9 Å². The van der Waals surface area contributed by atoms with E-state index in [1.807, 2.05) is 35.8 Å². The molecular formula is C21H22N4OS. The molecule has 3 aromatic rings. The summed E-state index contributed by atoms with van der Waals surface area (Å²) in [5.41, 5.74) is 3.01. The number of nitrogens with zero attached hydrogens (tertiary/aromatic N) is 3. The summed E-state index contributed by atoms with van der Waals surface area (Å²) >= 11 is 1.61. The molecule has 5 nitrogen and oxygen atoms in total. The molecule has 0 aromatic carbocycles. The van der Waals surface area contributed by atoms with Crippen LogP contribution in [0.1, 0.15) is 42.4 Å². The quantitative estimate of drug-likeness (QED) is 0.746. The summed E-state index contributed by atoms with van der Waals surface area (Å²) in [4.78, 5) is 27.1. The normalized spacial score (nSPS) is 17.9. The number of thiophene rings is 1. The molecule has 138 valence electrons. The lowest BCUT2D eigenvalue weighted by molar-refractivity contribution is -0.121. The van der Waals surface area contributed by atoms with Crippen LogP contribution in [0.2, 0.25) is 0 Å². The van der Waals surface area contributed by atoms with Crippen molar-refractivity contribution in [3.63, 3.8) is 0 Å². The second kappa shape index (κ2) is 7.19. The van der Waals surface area contributed by atoms with Crippen molar-refractivity contribution < 1.29 is 4.79 Å². The number of pyridine rings is 1. The molecule has 1 unspecified atom stereocenters. The van der Waals surface area contributed by atoms with Crippen molar-refractivity contribution in [1.29, 1.82) is 0 Å². The largest absolute Gasteiger partial charge is 0.349 e. The summed E-state index contributed by atoms with van der Waals surface area (Å²) in [5.74, 6) is 0.727. The lowest BCUT2D eigenvalue weighted by atomic mass is 9.74. The smallest absolute Gasteiger partial charge is 0.225 e. The predicted molar refractivity (Wildman–Crippen MR) is 106 cm³/mol. The summed E-state index contributed by atoms with van der Waals surface area (Å²) in [5, 5.41) is 5.20. The molecule has 1 atom stereocenters. The van der Waals surface area contributed by atoms with Gasteiger partial charge in [-0.25, -0.2) is 9.97 Å². The summed E-state index contributed by atoms with van der Waals surface area (Å²) in [6, 6.07) is 7.75. The number of rotatable bonds is 4. The standard InChI is InChI=1S/C21H22N4OS/c1-21(2)10-17(24-19(26)9-15-6-4-8-27-15)16-13-23-20(25-18(16)11-21)14-5-3-7-22-12-14/h3-8,12-13,17H,9-11H2,1-2H3,(H,24,26). The molecule has 0 fully saturated rings. The first-order chi connectivity index (χ1) is 13.0. The minimum absolute atomic E-state index is 0.0439. The van der Waals surface area contributed by atoms with Crippen molar-refractivity contribution in [2.24, 2.45) is 5.41 Å². The van der Waals surface area contributed by atoms with Gasteiger partial charge in [-0.3, -0.25) is 9.78 Å². The van der Waals surface area contributed by atoms with Crippen LogP contribution in [0.15, 0.2) is 48.2 Å². The molecule has 1 aliphatic carbocycles. The minimum atomic E-state index is -0.0563. The highest BCUT2D eigenvalue weighted by atomic mass is 32.1. The lowest BCUT2D eigenvalue weighted by Gasteiger charge is -2.36. The molecule has 1 amide bonds. The Kier molecular flexibility index (Phi) is 4.74. The highest BCUT2D eigenvalue weighted by molar-refractivity contribution is 7.10. The number of fused-ring (bicyclic) bond motifs is 1. The second-order valence-corrected chi connectivity index (χ2v) is 8.79. The number of hydrogen-bond donors (Lipinski definition) is 1. The van der Waals surface area contributed by atoms with Gasteiger partial charge in [-0.05, 0) is 41.8 Å². The number of carbonyl (C=O) groups excluding carboxylic acids is 1. The Balaban J connectivity index is 1.60. The molecule has 4 rings (SSSR count). The van der Waals surface area contributed by atoms with Gasteiger partial charge in [0.1, 0.15) is 0 Å². The first kappa shape index (κ1) is 17.8. The van der Waals surface area contributed by atoms with Gasteiger partial charge in [0.05, 0.1) is 18.2 Å². The molecule has 0 radical (unpaired) electrons. The van der Waals surface area contributed by atoms with Crippen molar-refractivity contribution >= 4 is 17.2 Å². The number of carbonyl (C=O) groups is 1. The Hall–Kier alpha value is -2.60. The van der Waals surface area contributed by atoms with E-state index in [1.165, 1.54) is 0 Å². The molecule has 0 bridgehead atoms. The fourth-order valence-corrected chi connectivity index (χ4v) is 4.33. The molecule has 1 aliphatic rings. The zero-order chi connectivity index (χ0) is 18.9. The van der Waals surface area contributed by atoms with Crippen molar-refractivity contribution in [3.05, 3.63) is 64.4 Å². The Bertz CT molecular complexity index is 938. The Labute approximate surface area is 162 Å². The van der Waals surface area contributed by atoms with Gasteiger partial charge in [-0.1, -0.05) is 19.9 Å². The Morgan fingerprint density at radius 2 is 2.19 bits per heavy atom.